The number of nitrogens with one attached hydrogen (secondary N) is 1. The Labute approximate surface area is 174 Å². The molecule has 2 aromatic rings. The molecule has 0 saturated heterocycles. The number of anilines is 1. The van der Waals surface area contributed by atoms with Crippen molar-refractivity contribution < 1.29 is 14.3 Å². The van der Waals surface area contributed by atoms with E-state index < -0.39 is 5.66 Å². The zero-order chi connectivity index (χ0) is 20.9. The lowest BCUT2D eigenvalue weighted by Crippen LogP contribution is -2.57. The largest absolute Gasteiger partial charge is 0.493 e. The number of benzene rings is 2. The Morgan fingerprint density at radius 3 is 2.48 bits per heavy atom. The lowest BCUT2D eigenvalue weighted by molar-refractivity contribution is 0.0451. The minimum atomic E-state index is -0.601. The maximum atomic E-state index is 13.4. The van der Waals surface area contributed by atoms with E-state index in [1.54, 1.807) is 7.11 Å². The predicted octanol–water partition coefficient (Wildman–Crippen LogP) is 4.89. The standard InChI is InChI=1S/C24H32N2O3/c1-5-24(19-11-13-20(14-12-19)29-17-18(2)3)25-22-10-7-6-9-21(22)23(27)26(24)15-8-16-28-4/h6-7,9-14,18,25H,5,8,15-17H2,1-4H3. The van der Waals surface area contributed by atoms with Crippen molar-refractivity contribution in [3.63, 3.8) is 0 Å². The highest BCUT2D eigenvalue weighted by Crippen LogP contribution is 2.40. The van der Waals surface area contributed by atoms with Crippen LogP contribution in [0.25, 0.3) is 0 Å². The summed E-state index contributed by atoms with van der Waals surface area (Å²) in [5, 5.41) is 3.68. The summed E-state index contributed by atoms with van der Waals surface area (Å²) in [5.41, 5.74) is 2.04. The summed E-state index contributed by atoms with van der Waals surface area (Å²) < 4.78 is 11.1. The quantitative estimate of drug-likeness (QED) is 0.613. The maximum absolute atomic E-state index is 13.4. The lowest BCUT2D eigenvalue weighted by Gasteiger charge is -2.48. The van der Waals surface area contributed by atoms with Gasteiger partial charge in [0, 0.05) is 25.9 Å². The third kappa shape index (κ3) is 4.40. The highest BCUT2D eigenvalue weighted by molar-refractivity contribution is 6.02. The van der Waals surface area contributed by atoms with Gasteiger partial charge in [0.1, 0.15) is 11.4 Å². The molecule has 3 rings (SSSR count). The molecule has 1 atom stereocenters. The molecule has 5 nitrogen and oxygen atoms in total. The van der Waals surface area contributed by atoms with E-state index in [2.05, 4.69) is 38.2 Å². The zero-order valence-electron chi connectivity index (χ0n) is 17.9. The van der Waals surface area contributed by atoms with Gasteiger partial charge >= 0.3 is 0 Å². The van der Waals surface area contributed by atoms with E-state index in [0.29, 0.717) is 31.2 Å². The van der Waals surface area contributed by atoms with Crippen LogP contribution in [0.5, 0.6) is 5.75 Å². The number of fused-ring (bicyclic) bond motifs is 1. The summed E-state index contributed by atoms with van der Waals surface area (Å²) in [6.07, 6.45) is 1.52. The van der Waals surface area contributed by atoms with Crippen LogP contribution >= 0.6 is 0 Å². The minimum Gasteiger partial charge on any atom is -0.493 e. The Bertz CT molecular complexity index is 819. The van der Waals surface area contributed by atoms with Crippen LogP contribution in [0.1, 0.15) is 49.5 Å². The van der Waals surface area contributed by atoms with Gasteiger partial charge in [0.2, 0.25) is 0 Å². The summed E-state index contributed by atoms with van der Waals surface area (Å²) in [4.78, 5) is 15.4. The Balaban J connectivity index is 1.97. The molecular formula is C24H32N2O3. The SMILES string of the molecule is CCC1(c2ccc(OCC(C)C)cc2)Nc2ccccc2C(=O)N1CCCOC. The van der Waals surface area contributed by atoms with E-state index in [1.165, 1.54) is 0 Å². The molecule has 1 heterocycles. The molecule has 0 bridgehead atoms. The first-order valence-corrected chi connectivity index (χ1v) is 10.4. The van der Waals surface area contributed by atoms with Gasteiger partial charge in [0.05, 0.1) is 12.2 Å². The van der Waals surface area contributed by atoms with E-state index >= 15 is 0 Å². The number of hydrogen-bond donors (Lipinski definition) is 1. The fraction of sp³-hybridized carbons (Fsp3) is 0.458. The van der Waals surface area contributed by atoms with Gasteiger partial charge < -0.3 is 19.7 Å². The first kappa shape index (κ1) is 21.2. The summed E-state index contributed by atoms with van der Waals surface area (Å²) >= 11 is 0. The highest BCUT2D eigenvalue weighted by Gasteiger charge is 2.44. The van der Waals surface area contributed by atoms with Gasteiger partial charge in [-0.15, -0.1) is 0 Å². The van der Waals surface area contributed by atoms with Crippen LogP contribution in [0.15, 0.2) is 48.5 Å². The molecule has 156 valence electrons. The molecular weight excluding hydrogens is 364 g/mol. The molecule has 1 aliphatic rings. The second kappa shape index (κ2) is 9.31. The third-order valence-corrected chi connectivity index (χ3v) is 5.36. The fourth-order valence-electron chi connectivity index (χ4n) is 3.85. The van der Waals surface area contributed by atoms with Crippen LogP contribution in [-0.2, 0) is 10.4 Å². The van der Waals surface area contributed by atoms with Crippen molar-refractivity contribution in [2.24, 2.45) is 5.92 Å². The molecule has 0 aromatic heterocycles. The predicted molar refractivity (Wildman–Crippen MR) is 116 cm³/mol. The molecule has 1 amide bonds. The van der Waals surface area contributed by atoms with Crippen LogP contribution < -0.4 is 10.1 Å². The van der Waals surface area contributed by atoms with E-state index in [9.17, 15) is 4.79 Å². The summed E-state index contributed by atoms with van der Waals surface area (Å²) in [6, 6.07) is 15.9. The summed E-state index contributed by atoms with van der Waals surface area (Å²) in [7, 11) is 1.69. The Hall–Kier alpha value is -2.53. The molecule has 0 radical (unpaired) electrons. The highest BCUT2D eigenvalue weighted by atomic mass is 16.5. The molecule has 0 spiro atoms. The molecule has 1 unspecified atom stereocenters. The van der Waals surface area contributed by atoms with Crippen LogP contribution in [0.3, 0.4) is 0 Å². The van der Waals surface area contributed by atoms with Gasteiger partial charge in [-0.1, -0.05) is 45.0 Å². The molecule has 0 saturated carbocycles. The van der Waals surface area contributed by atoms with Crippen molar-refractivity contribution in [3.05, 3.63) is 59.7 Å². The lowest BCUT2D eigenvalue weighted by atomic mass is 9.89. The van der Waals surface area contributed by atoms with Crippen LogP contribution in [0.4, 0.5) is 5.69 Å². The van der Waals surface area contributed by atoms with Gasteiger partial charge in [0.25, 0.3) is 5.91 Å². The van der Waals surface area contributed by atoms with Crippen molar-refractivity contribution in [1.29, 1.82) is 0 Å². The number of hydrogen-bond acceptors (Lipinski definition) is 4. The number of ether oxygens (including phenoxy) is 2. The van der Waals surface area contributed by atoms with Crippen LogP contribution in [0.2, 0.25) is 0 Å². The normalized spacial score (nSPS) is 18.5. The Kier molecular flexibility index (Phi) is 6.80. The van der Waals surface area contributed by atoms with Crippen molar-refractivity contribution >= 4 is 11.6 Å². The number of carbonyl (C=O) groups is 1. The first-order valence-electron chi connectivity index (χ1n) is 10.4. The monoisotopic (exact) mass is 396 g/mol. The van der Waals surface area contributed by atoms with Crippen molar-refractivity contribution in [2.45, 2.75) is 39.3 Å². The Morgan fingerprint density at radius 1 is 1.10 bits per heavy atom. The second-order valence-electron chi connectivity index (χ2n) is 7.92. The number of methoxy groups -OCH3 is 1. The number of amides is 1. The topological polar surface area (TPSA) is 50.8 Å². The van der Waals surface area contributed by atoms with E-state index in [-0.39, 0.29) is 5.91 Å². The number of rotatable bonds is 9. The van der Waals surface area contributed by atoms with Crippen LogP contribution in [0, 0.1) is 5.92 Å². The summed E-state index contributed by atoms with van der Waals surface area (Å²) in [5.74, 6) is 1.38. The zero-order valence-corrected chi connectivity index (χ0v) is 17.9. The maximum Gasteiger partial charge on any atom is 0.258 e. The first-order chi connectivity index (χ1) is 14.0. The van der Waals surface area contributed by atoms with Gasteiger partial charge in [0.15, 0.2) is 0 Å². The molecule has 5 heteroatoms. The smallest absolute Gasteiger partial charge is 0.258 e. The molecule has 1 N–H and O–H groups in total. The molecule has 2 aromatic carbocycles. The molecule has 0 aliphatic carbocycles. The van der Waals surface area contributed by atoms with E-state index in [0.717, 1.165) is 29.8 Å². The average Bonchev–Trinajstić information content (AvgIpc) is 2.74. The van der Waals surface area contributed by atoms with Gasteiger partial charge in [-0.3, -0.25) is 4.79 Å². The van der Waals surface area contributed by atoms with Crippen molar-refractivity contribution in [3.8, 4) is 5.75 Å². The van der Waals surface area contributed by atoms with Gasteiger partial charge in [-0.05, 0) is 48.6 Å². The van der Waals surface area contributed by atoms with Gasteiger partial charge in [-0.2, -0.15) is 0 Å². The number of nitrogens with zero attached hydrogens (tertiary/aromatic N) is 1. The second-order valence-corrected chi connectivity index (χ2v) is 7.92. The number of carbonyl (C=O) groups excluding carboxylic acids is 1. The fourth-order valence-corrected chi connectivity index (χ4v) is 3.85. The molecule has 1 aliphatic heterocycles. The molecule has 0 fully saturated rings. The van der Waals surface area contributed by atoms with E-state index in [4.69, 9.17) is 9.47 Å². The number of para-hydroxylation sites is 1. The third-order valence-electron chi connectivity index (χ3n) is 5.36. The van der Waals surface area contributed by atoms with Gasteiger partial charge in [-0.25, -0.2) is 0 Å². The average molecular weight is 397 g/mol. The van der Waals surface area contributed by atoms with Crippen LogP contribution in [-0.4, -0.2) is 37.7 Å². The van der Waals surface area contributed by atoms with Crippen molar-refractivity contribution in [1.82, 2.24) is 4.90 Å². The summed E-state index contributed by atoms with van der Waals surface area (Å²) in [6.45, 7) is 8.30. The minimum absolute atomic E-state index is 0.0532. The molecule has 29 heavy (non-hydrogen) atoms. The van der Waals surface area contributed by atoms with E-state index in [1.807, 2.05) is 41.3 Å². The van der Waals surface area contributed by atoms with Crippen molar-refractivity contribution in [2.75, 3.05) is 32.2 Å². The Morgan fingerprint density at radius 2 is 1.83 bits per heavy atom.